The third-order valence-corrected chi connectivity index (χ3v) is 1.10. The van der Waals surface area contributed by atoms with E-state index in [0.717, 1.165) is 0 Å². The van der Waals surface area contributed by atoms with E-state index in [1.54, 1.807) is 20.8 Å². The fraction of sp³-hybridized carbons (Fsp3) is 0.857. The molecule has 0 saturated carbocycles. The Bertz CT molecular complexity index is 125. The number of rotatable bonds is 4. The standard InChI is InChI=1S/C7H15NO3/c1-5(2)11-7(9)6(3)4-10-8/h5-6H,4,8H2,1-3H3. The van der Waals surface area contributed by atoms with E-state index in [1.165, 1.54) is 0 Å². The highest BCUT2D eigenvalue weighted by atomic mass is 16.6. The van der Waals surface area contributed by atoms with Gasteiger partial charge in [-0.1, -0.05) is 0 Å². The Kier molecular flexibility index (Phi) is 4.81. The van der Waals surface area contributed by atoms with Gasteiger partial charge in [-0.2, -0.15) is 0 Å². The quantitative estimate of drug-likeness (QED) is 0.480. The maximum Gasteiger partial charge on any atom is 0.311 e. The van der Waals surface area contributed by atoms with Gasteiger partial charge in [0, 0.05) is 0 Å². The summed E-state index contributed by atoms with van der Waals surface area (Å²) in [4.78, 5) is 15.3. The van der Waals surface area contributed by atoms with Gasteiger partial charge in [-0.15, -0.1) is 0 Å². The third kappa shape index (κ3) is 4.75. The van der Waals surface area contributed by atoms with Gasteiger partial charge >= 0.3 is 5.97 Å². The van der Waals surface area contributed by atoms with E-state index in [-0.39, 0.29) is 24.6 Å². The molecule has 0 heterocycles. The molecule has 2 N–H and O–H groups in total. The van der Waals surface area contributed by atoms with Crippen LogP contribution in [0.15, 0.2) is 0 Å². The molecule has 4 nitrogen and oxygen atoms in total. The first-order valence-electron chi connectivity index (χ1n) is 3.60. The number of ether oxygens (including phenoxy) is 1. The van der Waals surface area contributed by atoms with Crippen molar-refractivity contribution in [1.82, 2.24) is 0 Å². The average Bonchev–Trinajstić information content (AvgIpc) is 1.86. The number of hydrogen-bond donors (Lipinski definition) is 1. The molecule has 0 rings (SSSR count). The van der Waals surface area contributed by atoms with E-state index in [0.29, 0.717) is 0 Å². The van der Waals surface area contributed by atoms with Gasteiger partial charge in [0.2, 0.25) is 0 Å². The molecule has 1 unspecified atom stereocenters. The van der Waals surface area contributed by atoms with Crippen LogP contribution in [0.1, 0.15) is 20.8 Å². The Labute approximate surface area is 66.6 Å². The predicted octanol–water partition coefficient (Wildman–Crippen LogP) is 0.464. The van der Waals surface area contributed by atoms with Crippen molar-refractivity contribution in [2.45, 2.75) is 26.9 Å². The predicted molar refractivity (Wildman–Crippen MR) is 40.5 cm³/mol. The van der Waals surface area contributed by atoms with Crippen LogP contribution in [-0.2, 0) is 14.4 Å². The molecule has 66 valence electrons. The van der Waals surface area contributed by atoms with Crippen LogP contribution in [0.2, 0.25) is 0 Å². The second-order valence-electron chi connectivity index (χ2n) is 2.72. The smallest absolute Gasteiger partial charge is 0.311 e. The molecule has 0 aromatic rings. The van der Waals surface area contributed by atoms with Crippen molar-refractivity contribution in [3.8, 4) is 0 Å². The Morgan fingerprint density at radius 3 is 2.36 bits per heavy atom. The average molecular weight is 161 g/mol. The second kappa shape index (κ2) is 5.09. The van der Waals surface area contributed by atoms with Gasteiger partial charge in [0.1, 0.15) is 0 Å². The zero-order valence-electron chi connectivity index (χ0n) is 7.16. The number of carbonyl (C=O) groups is 1. The molecule has 0 aliphatic rings. The molecule has 0 saturated heterocycles. The summed E-state index contributed by atoms with van der Waals surface area (Å²) in [5.74, 6) is 4.23. The van der Waals surface area contributed by atoms with Crippen molar-refractivity contribution < 1.29 is 14.4 Å². The lowest BCUT2D eigenvalue weighted by Gasteiger charge is -2.12. The first-order valence-corrected chi connectivity index (χ1v) is 3.60. The normalized spacial score (nSPS) is 13.2. The first kappa shape index (κ1) is 10.4. The van der Waals surface area contributed by atoms with E-state index >= 15 is 0 Å². The van der Waals surface area contributed by atoms with Crippen LogP contribution >= 0.6 is 0 Å². The molecule has 0 aliphatic heterocycles. The first-order chi connectivity index (χ1) is 5.07. The van der Waals surface area contributed by atoms with E-state index in [1.807, 2.05) is 0 Å². The van der Waals surface area contributed by atoms with Crippen molar-refractivity contribution in [3.63, 3.8) is 0 Å². The largest absolute Gasteiger partial charge is 0.463 e. The van der Waals surface area contributed by atoms with Gasteiger partial charge in [-0.25, -0.2) is 5.90 Å². The van der Waals surface area contributed by atoms with Crippen molar-refractivity contribution in [2.24, 2.45) is 11.8 Å². The zero-order chi connectivity index (χ0) is 8.85. The molecule has 0 aromatic heterocycles. The van der Waals surface area contributed by atoms with Crippen LogP contribution in [0.4, 0.5) is 0 Å². The summed E-state index contributed by atoms with van der Waals surface area (Å²) < 4.78 is 4.89. The summed E-state index contributed by atoms with van der Waals surface area (Å²) in [6, 6.07) is 0. The van der Waals surface area contributed by atoms with Crippen LogP contribution in [0.25, 0.3) is 0 Å². The van der Waals surface area contributed by atoms with Gasteiger partial charge in [-0.05, 0) is 20.8 Å². The highest BCUT2D eigenvalue weighted by molar-refractivity contribution is 5.72. The fourth-order valence-electron chi connectivity index (χ4n) is 0.561. The Balaban J connectivity index is 3.64. The van der Waals surface area contributed by atoms with Crippen molar-refractivity contribution >= 4 is 5.97 Å². The summed E-state index contributed by atoms with van der Waals surface area (Å²) >= 11 is 0. The van der Waals surface area contributed by atoms with E-state index in [9.17, 15) is 4.79 Å². The van der Waals surface area contributed by atoms with Crippen LogP contribution in [-0.4, -0.2) is 18.7 Å². The SMILES string of the molecule is CC(C)OC(=O)C(C)CON. The minimum atomic E-state index is -0.289. The molecule has 0 bridgehead atoms. The Morgan fingerprint density at radius 1 is 1.45 bits per heavy atom. The topological polar surface area (TPSA) is 61.5 Å². The lowest BCUT2D eigenvalue weighted by molar-refractivity contribution is -0.153. The highest BCUT2D eigenvalue weighted by Crippen LogP contribution is 2.00. The molecule has 4 heteroatoms. The summed E-state index contributed by atoms with van der Waals surface area (Å²) in [6.45, 7) is 5.50. The minimum absolute atomic E-state index is 0.0808. The summed E-state index contributed by atoms with van der Waals surface area (Å²) in [5.41, 5.74) is 0. The van der Waals surface area contributed by atoms with Gasteiger partial charge in [0.05, 0.1) is 18.6 Å². The molecule has 0 spiro atoms. The van der Waals surface area contributed by atoms with Gasteiger partial charge in [0.15, 0.2) is 0 Å². The maximum atomic E-state index is 11.0. The maximum absolute atomic E-state index is 11.0. The van der Waals surface area contributed by atoms with Gasteiger partial charge in [-0.3, -0.25) is 4.79 Å². The summed E-state index contributed by atoms with van der Waals surface area (Å²) in [6.07, 6.45) is -0.0808. The number of nitrogens with two attached hydrogens (primary N) is 1. The molecule has 11 heavy (non-hydrogen) atoms. The molecular formula is C7H15NO3. The molecule has 1 atom stereocenters. The van der Waals surface area contributed by atoms with E-state index in [4.69, 9.17) is 10.6 Å². The summed E-state index contributed by atoms with van der Waals surface area (Å²) in [7, 11) is 0. The molecule has 0 radical (unpaired) electrons. The number of hydrogen-bond acceptors (Lipinski definition) is 4. The van der Waals surface area contributed by atoms with Crippen LogP contribution < -0.4 is 5.90 Å². The Hall–Kier alpha value is -0.610. The Morgan fingerprint density at radius 2 is 2.00 bits per heavy atom. The van der Waals surface area contributed by atoms with Crippen molar-refractivity contribution in [3.05, 3.63) is 0 Å². The molecule has 0 fully saturated rings. The van der Waals surface area contributed by atoms with Gasteiger partial charge < -0.3 is 9.57 Å². The zero-order valence-corrected chi connectivity index (χ0v) is 7.16. The van der Waals surface area contributed by atoms with Crippen molar-refractivity contribution in [1.29, 1.82) is 0 Å². The highest BCUT2D eigenvalue weighted by Gasteiger charge is 2.15. The van der Waals surface area contributed by atoms with Crippen LogP contribution in [0.5, 0.6) is 0 Å². The van der Waals surface area contributed by atoms with Crippen molar-refractivity contribution in [2.75, 3.05) is 6.61 Å². The minimum Gasteiger partial charge on any atom is -0.463 e. The number of carbonyl (C=O) groups excluding carboxylic acids is 1. The number of esters is 1. The lowest BCUT2D eigenvalue weighted by Crippen LogP contribution is -2.23. The monoisotopic (exact) mass is 161 g/mol. The fourth-order valence-corrected chi connectivity index (χ4v) is 0.561. The summed E-state index contributed by atoms with van der Waals surface area (Å²) in [5, 5.41) is 0. The van der Waals surface area contributed by atoms with E-state index < -0.39 is 0 Å². The third-order valence-electron chi connectivity index (χ3n) is 1.10. The lowest BCUT2D eigenvalue weighted by atomic mass is 10.2. The van der Waals surface area contributed by atoms with E-state index in [2.05, 4.69) is 4.84 Å². The second-order valence-corrected chi connectivity index (χ2v) is 2.72. The van der Waals surface area contributed by atoms with Crippen LogP contribution in [0.3, 0.4) is 0 Å². The molecular weight excluding hydrogens is 146 g/mol. The van der Waals surface area contributed by atoms with Crippen LogP contribution in [0, 0.1) is 5.92 Å². The molecule has 0 aromatic carbocycles. The molecule has 0 aliphatic carbocycles. The van der Waals surface area contributed by atoms with Gasteiger partial charge in [0.25, 0.3) is 0 Å². The molecule has 0 amide bonds.